The van der Waals surface area contributed by atoms with Crippen LogP contribution in [-0.2, 0) is 11.2 Å². The molecule has 3 heterocycles. The van der Waals surface area contributed by atoms with Gasteiger partial charge >= 0.3 is 0 Å². The van der Waals surface area contributed by atoms with Gasteiger partial charge in [-0.2, -0.15) is 0 Å². The molecule has 1 aromatic carbocycles. The molecule has 2 fully saturated rings. The maximum Gasteiger partial charge on any atom is 0.245 e. The van der Waals surface area contributed by atoms with E-state index < -0.39 is 0 Å². The first-order chi connectivity index (χ1) is 10.2. The van der Waals surface area contributed by atoms with Crippen molar-refractivity contribution in [2.45, 2.75) is 44.3 Å². The lowest BCUT2D eigenvalue weighted by Crippen LogP contribution is -2.59. The minimum absolute atomic E-state index is 0.0715. The van der Waals surface area contributed by atoms with Gasteiger partial charge in [-0.15, -0.1) is 0 Å². The van der Waals surface area contributed by atoms with Crippen LogP contribution in [0.5, 0.6) is 0 Å². The summed E-state index contributed by atoms with van der Waals surface area (Å²) in [5.41, 5.74) is 2.39. The van der Waals surface area contributed by atoms with Gasteiger partial charge in [0.1, 0.15) is 6.04 Å². The number of anilines is 1. The van der Waals surface area contributed by atoms with Crippen LogP contribution in [0, 0.1) is 0 Å². The minimum Gasteiger partial charge on any atom is -0.373 e. The predicted molar refractivity (Wildman–Crippen MR) is 83.3 cm³/mol. The molecule has 3 aliphatic heterocycles. The standard InChI is InChI=1S/C17H23N3O/c1-12-10-19-8-4-6-14(19)11-20(12)17(21)16-9-13-5-2-3-7-15(13)18-16/h2-3,5,7,12,14,16,18H,4,6,8-11H2,1H3/t12?,14?,16-/m0/s1. The average molecular weight is 285 g/mol. The molecule has 0 aromatic heterocycles. The molecule has 1 amide bonds. The van der Waals surface area contributed by atoms with Gasteiger partial charge in [-0.25, -0.2) is 0 Å². The lowest BCUT2D eigenvalue weighted by molar-refractivity contribution is -0.137. The Morgan fingerprint density at radius 2 is 2.14 bits per heavy atom. The molecule has 21 heavy (non-hydrogen) atoms. The van der Waals surface area contributed by atoms with Gasteiger partial charge in [-0.3, -0.25) is 9.69 Å². The summed E-state index contributed by atoms with van der Waals surface area (Å²) in [7, 11) is 0. The van der Waals surface area contributed by atoms with E-state index in [0.29, 0.717) is 12.1 Å². The Bertz CT molecular complexity index is 534. The van der Waals surface area contributed by atoms with Crippen molar-refractivity contribution in [3.63, 3.8) is 0 Å². The molecular formula is C17H23N3O. The summed E-state index contributed by atoms with van der Waals surface area (Å²) in [4.78, 5) is 17.6. The number of rotatable bonds is 1. The zero-order valence-corrected chi connectivity index (χ0v) is 12.6. The average Bonchev–Trinajstić information content (AvgIpc) is 3.11. The molecule has 4 rings (SSSR count). The van der Waals surface area contributed by atoms with Gasteiger partial charge in [-0.05, 0) is 37.9 Å². The molecule has 0 saturated carbocycles. The monoisotopic (exact) mass is 285 g/mol. The second-order valence-corrected chi connectivity index (χ2v) is 6.69. The van der Waals surface area contributed by atoms with Gasteiger partial charge < -0.3 is 10.2 Å². The number of carbonyl (C=O) groups excluding carboxylic acids is 1. The Morgan fingerprint density at radius 1 is 1.29 bits per heavy atom. The maximum absolute atomic E-state index is 12.9. The number of fused-ring (bicyclic) bond motifs is 2. The fourth-order valence-electron chi connectivity index (χ4n) is 4.14. The smallest absolute Gasteiger partial charge is 0.245 e. The molecule has 4 nitrogen and oxygen atoms in total. The quantitative estimate of drug-likeness (QED) is 0.853. The van der Waals surface area contributed by atoms with Crippen LogP contribution in [0.3, 0.4) is 0 Å². The van der Waals surface area contributed by atoms with Gasteiger partial charge in [0.2, 0.25) is 5.91 Å². The zero-order chi connectivity index (χ0) is 14.4. The van der Waals surface area contributed by atoms with Crippen LogP contribution in [-0.4, -0.2) is 53.5 Å². The van der Waals surface area contributed by atoms with Gasteiger partial charge in [0.25, 0.3) is 0 Å². The van der Waals surface area contributed by atoms with Crippen molar-refractivity contribution in [1.82, 2.24) is 9.80 Å². The van der Waals surface area contributed by atoms with E-state index in [4.69, 9.17) is 0 Å². The molecule has 3 atom stereocenters. The molecule has 0 bridgehead atoms. The highest BCUT2D eigenvalue weighted by atomic mass is 16.2. The van der Waals surface area contributed by atoms with Gasteiger partial charge in [0.15, 0.2) is 0 Å². The van der Waals surface area contributed by atoms with Crippen molar-refractivity contribution in [3.05, 3.63) is 29.8 Å². The Kier molecular flexibility index (Phi) is 3.14. The van der Waals surface area contributed by atoms with E-state index in [-0.39, 0.29) is 11.9 Å². The van der Waals surface area contributed by atoms with Crippen molar-refractivity contribution in [1.29, 1.82) is 0 Å². The van der Waals surface area contributed by atoms with Crippen LogP contribution < -0.4 is 5.32 Å². The number of piperazine rings is 1. The van der Waals surface area contributed by atoms with Crippen LogP contribution in [0.4, 0.5) is 5.69 Å². The highest BCUT2D eigenvalue weighted by Gasteiger charge is 2.39. The lowest BCUT2D eigenvalue weighted by atomic mass is 10.0. The summed E-state index contributed by atoms with van der Waals surface area (Å²) in [6.45, 7) is 5.35. The first-order valence-corrected chi connectivity index (χ1v) is 8.11. The van der Waals surface area contributed by atoms with Gasteiger partial charge in [0.05, 0.1) is 0 Å². The summed E-state index contributed by atoms with van der Waals surface area (Å²) in [6.07, 6.45) is 3.36. The molecule has 0 spiro atoms. The largest absolute Gasteiger partial charge is 0.373 e. The fraction of sp³-hybridized carbons (Fsp3) is 0.588. The van der Waals surface area contributed by atoms with Crippen molar-refractivity contribution >= 4 is 11.6 Å². The van der Waals surface area contributed by atoms with Crippen LogP contribution in [0.15, 0.2) is 24.3 Å². The summed E-state index contributed by atoms with van der Waals surface area (Å²) in [5, 5.41) is 3.41. The Balaban J connectivity index is 1.48. The van der Waals surface area contributed by atoms with Crippen LogP contribution in [0.25, 0.3) is 0 Å². The molecule has 112 valence electrons. The Hall–Kier alpha value is -1.55. The van der Waals surface area contributed by atoms with Crippen molar-refractivity contribution < 1.29 is 4.79 Å². The minimum atomic E-state index is -0.0715. The highest BCUT2D eigenvalue weighted by molar-refractivity contribution is 5.87. The number of amides is 1. The molecule has 1 aromatic rings. The molecular weight excluding hydrogens is 262 g/mol. The number of benzene rings is 1. The second kappa shape index (κ2) is 5.02. The molecule has 1 N–H and O–H groups in total. The van der Waals surface area contributed by atoms with Crippen LogP contribution >= 0.6 is 0 Å². The molecule has 0 radical (unpaired) electrons. The number of para-hydroxylation sites is 1. The van der Waals surface area contributed by atoms with Crippen LogP contribution in [0.2, 0.25) is 0 Å². The maximum atomic E-state index is 12.9. The van der Waals surface area contributed by atoms with E-state index in [2.05, 4.69) is 34.2 Å². The topological polar surface area (TPSA) is 35.6 Å². The third-order valence-electron chi connectivity index (χ3n) is 5.29. The van der Waals surface area contributed by atoms with E-state index in [0.717, 1.165) is 25.2 Å². The number of hydrogen-bond acceptors (Lipinski definition) is 3. The van der Waals surface area contributed by atoms with Crippen molar-refractivity contribution in [2.75, 3.05) is 25.0 Å². The van der Waals surface area contributed by atoms with E-state index in [1.165, 1.54) is 24.9 Å². The van der Waals surface area contributed by atoms with Crippen molar-refractivity contribution in [3.8, 4) is 0 Å². The summed E-state index contributed by atoms with van der Waals surface area (Å²) in [6, 6.07) is 9.12. The summed E-state index contributed by atoms with van der Waals surface area (Å²) >= 11 is 0. The number of nitrogens with one attached hydrogen (secondary N) is 1. The number of carbonyl (C=O) groups is 1. The first-order valence-electron chi connectivity index (χ1n) is 8.11. The zero-order valence-electron chi connectivity index (χ0n) is 12.6. The Morgan fingerprint density at radius 3 is 3.00 bits per heavy atom. The van der Waals surface area contributed by atoms with E-state index in [9.17, 15) is 4.79 Å². The second-order valence-electron chi connectivity index (χ2n) is 6.69. The summed E-state index contributed by atoms with van der Waals surface area (Å²) in [5.74, 6) is 0.283. The predicted octanol–water partition coefficient (Wildman–Crippen LogP) is 1.72. The van der Waals surface area contributed by atoms with Crippen LogP contribution in [0.1, 0.15) is 25.3 Å². The number of hydrogen-bond donors (Lipinski definition) is 1. The molecule has 2 saturated heterocycles. The lowest BCUT2D eigenvalue weighted by Gasteiger charge is -2.43. The first kappa shape index (κ1) is 13.1. The highest BCUT2D eigenvalue weighted by Crippen LogP contribution is 2.29. The molecule has 2 unspecified atom stereocenters. The SMILES string of the molecule is CC1CN2CCCC2CN1C(=O)[C@@H]1Cc2ccccc2N1. The van der Waals surface area contributed by atoms with Gasteiger partial charge in [-0.1, -0.05) is 18.2 Å². The summed E-state index contributed by atoms with van der Waals surface area (Å²) < 4.78 is 0. The van der Waals surface area contributed by atoms with E-state index in [1.54, 1.807) is 0 Å². The molecule has 3 aliphatic rings. The fourth-order valence-corrected chi connectivity index (χ4v) is 4.14. The normalized spacial score (nSPS) is 31.7. The Labute approximate surface area is 126 Å². The van der Waals surface area contributed by atoms with E-state index >= 15 is 0 Å². The molecule has 0 aliphatic carbocycles. The van der Waals surface area contributed by atoms with Crippen molar-refractivity contribution in [2.24, 2.45) is 0 Å². The third kappa shape index (κ3) is 2.22. The van der Waals surface area contributed by atoms with E-state index in [1.807, 2.05) is 12.1 Å². The number of nitrogens with zero attached hydrogens (tertiary/aromatic N) is 2. The third-order valence-corrected chi connectivity index (χ3v) is 5.29. The van der Waals surface area contributed by atoms with Gasteiger partial charge in [0, 0.05) is 37.3 Å². The molecule has 4 heteroatoms.